The normalized spacial score (nSPS) is 13.7. The molecule has 0 aliphatic carbocycles. The summed E-state index contributed by atoms with van der Waals surface area (Å²) in [5, 5.41) is 2.63. The quantitative estimate of drug-likeness (QED) is 0.865. The van der Waals surface area contributed by atoms with Gasteiger partial charge in [-0.2, -0.15) is 0 Å². The van der Waals surface area contributed by atoms with Crippen molar-refractivity contribution in [2.45, 2.75) is 13.1 Å². The Kier molecular flexibility index (Phi) is 4.48. The maximum atomic E-state index is 11.5. The van der Waals surface area contributed by atoms with Crippen LogP contribution >= 0.6 is 0 Å². The van der Waals surface area contributed by atoms with Gasteiger partial charge in [-0.25, -0.2) is 0 Å². The van der Waals surface area contributed by atoms with E-state index in [0.717, 1.165) is 24.6 Å². The third kappa shape index (κ3) is 3.63. The molecule has 2 aromatic rings. The highest BCUT2D eigenvalue weighted by Gasteiger charge is 2.15. The van der Waals surface area contributed by atoms with Crippen LogP contribution in [0.15, 0.2) is 42.5 Å². The zero-order valence-electron chi connectivity index (χ0n) is 13.4. The predicted molar refractivity (Wildman–Crippen MR) is 86.7 cm³/mol. The van der Waals surface area contributed by atoms with Crippen molar-refractivity contribution in [2.24, 2.45) is 0 Å². The lowest BCUT2D eigenvalue weighted by Crippen LogP contribution is -3.06. The van der Waals surface area contributed by atoms with Crippen molar-refractivity contribution in [3.05, 3.63) is 59.2 Å². The van der Waals surface area contributed by atoms with Gasteiger partial charge in [0, 0.05) is 23.7 Å². The third-order valence-corrected chi connectivity index (χ3v) is 3.89. The topological polar surface area (TPSA) is 52.0 Å². The number of hydrogen-bond acceptors (Lipinski definition) is 3. The van der Waals surface area contributed by atoms with Crippen molar-refractivity contribution in [3.63, 3.8) is 0 Å². The molecule has 2 N–H and O–H groups in total. The number of rotatable bonds is 5. The van der Waals surface area contributed by atoms with Gasteiger partial charge in [-0.3, -0.25) is 4.79 Å². The minimum absolute atomic E-state index is 0.0578. The molecule has 1 amide bonds. The Labute approximate surface area is 135 Å². The van der Waals surface area contributed by atoms with Gasteiger partial charge in [-0.1, -0.05) is 12.1 Å². The maximum absolute atomic E-state index is 11.5. The van der Waals surface area contributed by atoms with E-state index in [9.17, 15) is 4.79 Å². The molecule has 5 heteroatoms. The Balaban J connectivity index is 1.60. The largest absolute Gasteiger partial charge is 0.454 e. The Morgan fingerprint density at radius 3 is 2.43 bits per heavy atom. The van der Waals surface area contributed by atoms with Crippen molar-refractivity contribution < 1.29 is 19.2 Å². The summed E-state index contributed by atoms with van der Waals surface area (Å²) in [6.07, 6.45) is 0. The molecule has 1 aliphatic rings. The van der Waals surface area contributed by atoms with Crippen molar-refractivity contribution >= 4 is 5.91 Å². The summed E-state index contributed by atoms with van der Waals surface area (Å²) in [5.74, 6) is 1.58. The van der Waals surface area contributed by atoms with E-state index in [4.69, 9.17) is 9.47 Å². The lowest BCUT2D eigenvalue weighted by atomic mass is 10.1. The average molecular weight is 313 g/mol. The van der Waals surface area contributed by atoms with E-state index >= 15 is 0 Å². The lowest BCUT2D eigenvalue weighted by molar-refractivity contribution is -0.907. The van der Waals surface area contributed by atoms with Crippen LogP contribution in [-0.4, -0.2) is 26.8 Å². The highest BCUT2D eigenvalue weighted by atomic mass is 16.7. The van der Waals surface area contributed by atoms with Gasteiger partial charge in [-0.05, 0) is 30.3 Å². The number of carbonyl (C=O) groups is 1. The zero-order chi connectivity index (χ0) is 16.2. The molecule has 2 aromatic carbocycles. The van der Waals surface area contributed by atoms with E-state index in [2.05, 4.69) is 18.4 Å². The van der Waals surface area contributed by atoms with Gasteiger partial charge >= 0.3 is 0 Å². The van der Waals surface area contributed by atoms with Gasteiger partial charge in [0.1, 0.15) is 13.1 Å². The lowest BCUT2D eigenvalue weighted by Gasteiger charge is -2.14. The van der Waals surface area contributed by atoms with Gasteiger partial charge in [0.25, 0.3) is 5.91 Å². The first-order chi connectivity index (χ1) is 11.2. The summed E-state index contributed by atoms with van der Waals surface area (Å²) in [6.45, 7) is 2.09. The second kappa shape index (κ2) is 6.71. The van der Waals surface area contributed by atoms with Crippen LogP contribution in [0.1, 0.15) is 21.5 Å². The van der Waals surface area contributed by atoms with Crippen LogP contribution in [-0.2, 0) is 13.1 Å². The summed E-state index contributed by atoms with van der Waals surface area (Å²) >= 11 is 0. The molecule has 0 spiro atoms. The molecule has 0 saturated heterocycles. The average Bonchev–Trinajstić information content (AvgIpc) is 3.02. The van der Waals surface area contributed by atoms with Crippen LogP contribution in [0.2, 0.25) is 0 Å². The second-order valence-corrected chi connectivity index (χ2v) is 5.77. The zero-order valence-corrected chi connectivity index (χ0v) is 13.4. The standard InChI is InChI=1S/C18H20N2O3/c1-19-18(21)15-6-3-13(4-7-15)10-20(2)11-14-5-8-16-17(9-14)23-12-22-16/h3-9H,10-12H2,1-2H3,(H,19,21)/p+1. The van der Waals surface area contributed by atoms with Gasteiger partial charge < -0.3 is 19.7 Å². The van der Waals surface area contributed by atoms with Gasteiger partial charge in [0.05, 0.1) is 7.05 Å². The number of benzene rings is 2. The summed E-state index contributed by atoms with van der Waals surface area (Å²) in [5.41, 5.74) is 3.11. The number of amides is 1. The van der Waals surface area contributed by atoms with Crippen LogP contribution in [0.3, 0.4) is 0 Å². The smallest absolute Gasteiger partial charge is 0.251 e. The molecular formula is C18H21N2O3+. The fourth-order valence-electron chi connectivity index (χ4n) is 2.73. The van der Waals surface area contributed by atoms with E-state index in [1.165, 1.54) is 16.0 Å². The Bertz CT molecular complexity index is 698. The van der Waals surface area contributed by atoms with Crippen molar-refractivity contribution in [3.8, 4) is 11.5 Å². The van der Waals surface area contributed by atoms with Gasteiger partial charge in [0.2, 0.25) is 6.79 Å². The number of nitrogens with one attached hydrogen (secondary N) is 2. The van der Waals surface area contributed by atoms with Crippen LogP contribution in [0.4, 0.5) is 0 Å². The number of ether oxygens (including phenoxy) is 2. The number of carbonyl (C=O) groups excluding carboxylic acids is 1. The molecule has 120 valence electrons. The molecular weight excluding hydrogens is 292 g/mol. The van der Waals surface area contributed by atoms with E-state index in [1.807, 2.05) is 36.4 Å². The molecule has 1 unspecified atom stereocenters. The van der Waals surface area contributed by atoms with E-state index < -0.39 is 0 Å². The van der Waals surface area contributed by atoms with Crippen molar-refractivity contribution in [1.29, 1.82) is 0 Å². The van der Waals surface area contributed by atoms with E-state index in [-0.39, 0.29) is 5.91 Å². The monoisotopic (exact) mass is 313 g/mol. The summed E-state index contributed by atoms with van der Waals surface area (Å²) in [6, 6.07) is 13.8. The van der Waals surface area contributed by atoms with Crippen LogP contribution in [0.25, 0.3) is 0 Å². The molecule has 0 aromatic heterocycles. The van der Waals surface area contributed by atoms with Crippen molar-refractivity contribution in [2.75, 3.05) is 20.9 Å². The molecule has 0 fully saturated rings. The second-order valence-electron chi connectivity index (χ2n) is 5.77. The highest BCUT2D eigenvalue weighted by Crippen LogP contribution is 2.32. The Morgan fingerprint density at radius 2 is 1.70 bits per heavy atom. The molecule has 23 heavy (non-hydrogen) atoms. The first-order valence-electron chi connectivity index (χ1n) is 7.66. The van der Waals surface area contributed by atoms with Gasteiger partial charge in [0.15, 0.2) is 11.5 Å². The number of quaternary nitrogens is 1. The Morgan fingerprint density at radius 1 is 1.04 bits per heavy atom. The van der Waals surface area contributed by atoms with Gasteiger partial charge in [-0.15, -0.1) is 0 Å². The fraction of sp³-hybridized carbons (Fsp3) is 0.278. The van der Waals surface area contributed by atoms with Crippen LogP contribution in [0.5, 0.6) is 11.5 Å². The molecule has 1 aliphatic heterocycles. The summed E-state index contributed by atoms with van der Waals surface area (Å²) < 4.78 is 10.7. The predicted octanol–water partition coefficient (Wildman–Crippen LogP) is 0.990. The fourth-order valence-corrected chi connectivity index (χ4v) is 2.73. The molecule has 0 radical (unpaired) electrons. The molecule has 0 saturated carbocycles. The first-order valence-corrected chi connectivity index (χ1v) is 7.66. The van der Waals surface area contributed by atoms with Crippen LogP contribution in [0, 0.1) is 0 Å². The van der Waals surface area contributed by atoms with Crippen LogP contribution < -0.4 is 19.7 Å². The number of hydrogen-bond donors (Lipinski definition) is 2. The first kappa shape index (κ1) is 15.4. The Hall–Kier alpha value is -2.53. The molecule has 3 rings (SSSR count). The molecule has 0 bridgehead atoms. The summed E-state index contributed by atoms with van der Waals surface area (Å²) in [7, 11) is 3.79. The maximum Gasteiger partial charge on any atom is 0.251 e. The minimum Gasteiger partial charge on any atom is -0.454 e. The SMILES string of the molecule is CNC(=O)c1ccc(C[NH+](C)Cc2ccc3c(c2)OCO3)cc1. The molecule has 1 heterocycles. The molecule has 1 atom stereocenters. The summed E-state index contributed by atoms with van der Waals surface area (Å²) in [4.78, 5) is 12.9. The highest BCUT2D eigenvalue weighted by molar-refractivity contribution is 5.93. The van der Waals surface area contributed by atoms with E-state index in [1.54, 1.807) is 7.05 Å². The van der Waals surface area contributed by atoms with Crippen molar-refractivity contribution in [1.82, 2.24) is 5.32 Å². The molecule has 5 nitrogen and oxygen atoms in total. The van der Waals surface area contributed by atoms with E-state index in [0.29, 0.717) is 12.4 Å². The number of fused-ring (bicyclic) bond motifs is 1. The third-order valence-electron chi connectivity index (χ3n) is 3.89. The minimum atomic E-state index is -0.0578.